The monoisotopic (exact) mass is 521 g/mol. The first-order valence-corrected chi connectivity index (χ1v) is 14.0. The van der Waals surface area contributed by atoms with Crippen LogP contribution in [0.5, 0.6) is 0 Å². The van der Waals surface area contributed by atoms with E-state index in [0.717, 1.165) is 23.1 Å². The fourth-order valence-electron chi connectivity index (χ4n) is 3.78. The average molecular weight is 522 g/mol. The lowest BCUT2D eigenvalue weighted by atomic mass is 10.1. The number of nitrogens with one attached hydrogen (secondary N) is 1. The predicted molar refractivity (Wildman–Crippen MR) is 142 cm³/mol. The van der Waals surface area contributed by atoms with Crippen molar-refractivity contribution in [3.63, 3.8) is 0 Å². The van der Waals surface area contributed by atoms with Gasteiger partial charge >= 0.3 is 0 Å². The van der Waals surface area contributed by atoms with Crippen molar-refractivity contribution in [3.05, 3.63) is 64.2 Å². The van der Waals surface area contributed by atoms with Gasteiger partial charge in [0.25, 0.3) is 0 Å². The zero-order chi connectivity index (χ0) is 26.2. The third-order valence-electron chi connectivity index (χ3n) is 6.01. The molecule has 2 aromatic rings. The highest BCUT2D eigenvalue weighted by Gasteiger charge is 2.27. The van der Waals surface area contributed by atoms with Crippen molar-refractivity contribution in [2.24, 2.45) is 0 Å². The molecule has 2 aromatic carbocycles. The van der Waals surface area contributed by atoms with E-state index in [1.807, 2.05) is 51.1 Å². The van der Waals surface area contributed by atoms with E-state index in [1.165, 1.54) is 15.5 Å². The van der Waals surface area contributed by atoms with Gasteiger partial charge in [-0.3, -0.25) is 13.9 Å². The van der Waals surface area contributed by atoms with Crippen LogP contribution in [0.1, 0.15) is 49.8 Å². The molecule has 192 valence electrons. The van der Waals surface area contributed by atoms with Crippen LogP contribution in [0.15, 0.2) is 42.5 Å². The molecule has 35 heavy (non-hydrogen) atoms. The maximum atomic E-state index is 13.3. The van der Waals surface area contributed by atoms with Crippen molar-refractivity contribution >= 4 is 39.1 Å². The SMILES string of the molecule is CCCNC(=O)[C@@H](C)N(Cc1ccccc1Cl)C(=O)CCCN(c1cccc(C)c1C)S(C)(=O)=O. The first-order chi connectivity index (χ1) is 16.5. The van der Waals surface area contributed by atoms with Gasteiger partial charge in [0.05, 0.1) is 11.9 Å². The molecule has 0 saturated heterocycles. The Kier molecular flexibility index (Phi) is 10.6. The Balaban J connectivity index is 2.20. The van der Waals surface area contributed by atoms with Crippen molar-refractivity contribution in [1.82, 2.24) is 10.2 Å². The van der Waals surface area contributed by atoms with Gasteiger partial charge in [-0.2, -0.15) is 0 Å². The molecule has 0 saturated carbocycles. The van der Waals surface area contributed by atoms with E-state index in [2.05, 4.69) is 5.32 Å². The standard InChI is InChI=1S/C26H36ClN3O4S/c1-6-16-28-26(32)21(4)29(18-22-12-7-8-13-23(22)27)25(31)15-10-17-30(35(5,33)34)24-14-9-11-19(2)20(24)3/h7-9,11-14,21H,6,10,15-18H2,1-5H3,(H,28,32)/t21-/m1/s1. The number of rotatable bonds is 12. The van der Waals surface area contributed by atoms with Crippen molar-refractivity contribution in [2.45, 2.75) is 59.5 Å². The Hall–Kier alpha value is -2.58. The fraction of sp³-hybridized carbons (Fsp3) is 0.462. The molecule has 2 rings (SSSR count). The molecule has 0 aromatic heterocycles. The van der Waals surface area contributed by atoms with Crippen molar-refractivity contribution in [2.75, 3.05) is 23.7 Å². The first kappa shape index (κ1) is 28.7. The van der Waals surface area contributed by atoms with Gasteiger partial charge in [0.1, 0.15) is 6.04 Å². The van der Waals surface area contributed by atoms with Crippen LogP contribution in [0.2, 0.25) is 5.02 Å². The zero-order valence-corrected chi connectivity index (χ0v) is 22.7. The van der Waals surface area contributed by atoms with Crippen LogP contribution < -0.4 is 9.62 Å². The van der Waals surface area contributed by atoms with Gasteiger partial charge < -0.3 is 10.2 Å². The molecule has 0 aliphatic rings. The van der Waals surface area contributed by atoms with E-state index in [-0.39, 0.29) is 31.3 Å². The summed E-state index contributed by atoms with van der Waals surface area (Å²) in [6.07, 6.45) is 2.35. The van der Waals surface area contributed by atoms with Crippen molar-refractivity contribution in [3.8, 4) is 0 Å². The molecule has 0 spiro atoms. The molecular formula is C26H36ClN3O4S. The summed E-state index contributed by atoms with van der Waals surface area (Å²) >= 11 is 6.32. The fourth-order valence-corrected chi connectivity index (χ4v) is 4.99. The number of amides is 2. The van der Waals surface area contributed by atoms with Crippen LogP contribution in [0.25, 0.3) is 0 Å². The third-order valence-corrected chi connectivity index (χ3v) is 7.56. The quantitative estimate of drug-likeness (QED) is 0.447. The molecule has 0 radical (unpaired) electrons. The van der Waals surface area contributed by atoms with Crippen LogP contribution in [0.4, 0.5) is 5.69 Å². The zero-order valence-electron chi connectivity index (χ0n) is 21.2. The Labute approximate surface area is 214 Å². The summed E-state index contributed by atoms with van der Waals surface area (Å²) in [6, 6.07) is 12.0. The van der Waals surface area contributed by atoms with Gasteiger partial charge in [-0.1, -0.05) is 48.9 Å². The summed E-state index contributed by atoms with van der Waals surface area (Å²) in [7, 11) is -3.54. The van der Waals surface area contributed by atoms with E-state index in [0.29, 0.717) is 23.7 Å². The van der Waals surface area contributed by atoms with Crippen LogP contribution >= 0.6 is 11.6 Å². The number of sulfonamides is 1. The number of anilines is 1. The normalized spacial score (nSPS) is 12.2. The third kappa shape index (κ3) is 7.97. The summed E-state index contributed by atoms with van der Waals surface area (Å²) in [6.45, 7) is 8.34. The Morgan fingerprint density at radius 3 is 2.40 bits per heavy atom. The van der Waals surface area contributed by atoms with Crippen LogP contribution in [0.3, 0.4) is 0 Å². The molecule has 0 bridgehead atoms. The highest BCUT2D eigenvalue weighted by atomic mass is 35.5. The summed E-state index contributed by atoms with van der Waals surface area (Å²) < 4.78 is 26.4. The summed E-state index contributed by atoms with van der Waals surface area (Å²) in [5, 5.41) is 3.36. The molecule has 9 heteroatoms. The highest BCUT2D eigenvalue weighted by Crippen LogP contribution is 2.26. The van der Waals surface area contributed by atoms with Crippen LogP contribution in [-0.4, -0.2) is 50.5 Å². The molecule has 0 fully saturated rings. The number of benzene rings is 2. The lowest BCUT2D eigenvalue weighted by Gasteiger charge is -2.30. The minimum Gasteiger partial charge on any atom is -0.354 e. The van der Waals surface area contributed by atoms with Gasteiger partial charge in [-0.05, 0) is 62.4 Å². The molecule has 2 amide bonds. The molecular weight excluding hydrogens is 486 g/mol. The minimum absolute atomic E-state index is 0.0900. The van der Waals surface area contributed by atoms with Gasteiger partial charge in [-0.25, -0.2) is 8.42 Å². The predicted octanol–water partition coefficient (Wildman–Crippen LogP) is 4.45. The summed E-state index contributed by atoms with van der Waals surface area (Å²) in [4.78, 5) is 27.5. The Bertz CT molecular complexity index is 1140. The van der Waals surface area contributed by atoms with Crippen molar-refractivity contribution < 1.29 is 18.0 Å². The summed E-state index contributed by atoms with van der Waals surface area (Å²) in [5.74, 6) is -0.473. The lowest BCUT2D eigenvalue weighted by molar-refractivity contribution is -0.140. The van der Waals surface area contributed by atoms with Gasteiger partial charge in [0.15, 0.2) is 0 Å². The van der Waals surface area contributed by atoms with Gasteiger partial charge in [0.2, 0.25) is 21.8 Å². The molecule has 0 heterocycles. The number of hydrogen-bond donors (Lipinski definition) is 1. The van der Waals surface area contributed by atoms with E-state index in [1.54, 1.807) is 19.1 Å². The molecule has 7 nitrogen and oxygen atoms in total. The second-order valence-corrected chi connectivity index (χ2v) is 11.1. The van der Waals surface area contributed by atoms with Crippen molar-refractivity contribution in [1.29, 1.82) is 0 Å². The van der Waals surface area contributed by atoms with E-state index >= 15 is 0 Å². The van der Waals surface area contributed by atoms with Gasteiger partial charge in [0, 0.05) is 31.1 Å². The minimum atomic E-state index is -3.54. The summed E-state index contributed by atoms with van der Waals surface area (Å²) in [5.41, 5.74) is 3.22. The topological polar surface area (TPSA) is 86.8 Å². The lowest BCUT2D eigenvalue weighted by Crippen LogP contribution is -2.48. The number of aryl methyl sites for hydroxylation is 1. The maximum Gasteiger partial charge on any atom is 0.242 e. The Morgan fingerprint density at radius 1 is 1.09 bits per heavy atom. The average Bonchev–Trinajstić information content (AvgIpc) is 2.80. The van der Waals surface area contributed by atoms with E-state index in [4.69, 9.17) is 11.6 Å². The maximum absolute atomic E-state index is 13.3. The highest BCUT2D eigenvalue weighted by molar-refractivity contribution is 7.92. The number of nitrogens with zero attached hydrogens (tertiary/aromatic N) is 2. The number of carbonyl (C=O) groups excluding carboxylic acids is 2. The first-order valence-electron chi connectivity index (χ1n) is 11.8. The van der Waals surface area contributed by atoms with E-state index < -0.39 is 16.1 Å². The van der Waals surface area contributed by atoms with Crippen LogP contribution in [0, 0.1) is 13.8 Å². The Morgan fingerprint density at radius 2 is 1.77 bits per heavy atom. The number of carbonyl (C=O) groups is 2. The number of halogens is 1. The second-order valence-electron chi connectivity index (χ2n) is 8.74. The molecule has 1 N–H and O–H groups in total. The van der Waals surface area contributed by atoms with Crippen LogP contribution in [-0.2, 0) is 26.2 Å². The largest absolute Gasteiger partial charge is 0.354 e. The van der Waals surface area contributed by atoms with Gasteiger partial charge in [-0.15, -0.1) is 0 Å². The molecule has 0 aliphatic heterocycles. The molecule has 1 atom stereocenters. The second kappa shape index (κ2) is 12.9. The van der Waals surface area contributed by atoms with E-state index in [9.17, 15) is 18.0 Å². The smallest absolute Gasteiger partial charge is 0.242 e. The molecule has 0 aliphatic carbocycles. The molecule has 0 unspecified atom stereocenters. The number of hydrogen-bond acceptors (Lipinski definition) is 4.